The zero-order chi connectivity index (χ0) is 5.98. The van der Waals surface area contributed by atoms with E-state index in [1.54, 1.807) is 0 Å². The molecule has 4 heteroatoms. The van der Waals surface area contributed by atoms with Crippen molar-refractivity contribution in [3.8, 4) is 0 Å². The van der Waals surface area contributed by atoms with Gasteiger partial charge in [-0.1, -0.05) is 11.8 Å². The van der Waals surface area contributed by atoms with Gasteiger partial charge in [0, 0.05) is 5.75 Å². The summed E-state index contributed by atoms with van der Waals surface area (Å²) < 4.78 is 4.38. The largest absolute Gasteiger partial charge is 0.458 e. The first-order chi connectivity index (χ1) is 3.80. The fraction of sp³-hybridized carbons (Fsp3) is 0.500. The van der Waals surface area contributed by atoms with E-state index < -0.39 is 11.1 Å². The predicted molar refractivity (Wildman–Crippen MR) is 28.4 cm³/mol. The molecule has 0 radical (unpaired) electrons. The number of esters is 1. The van der Waals surface area contributed by atoms with Crippen molar-refractivity contribution < 1.29 is 14.3 Å². The quantitative estimate of drug-likeness (QED) is 0.338. The number of rotatable bonds is 0. The van der Waals surface area contributed by atoms with Crippen LogP contribution in [0.1, 0.15) is 0 Å². The van der Waals surface area contributed by atoms with Gasteiger partial charge >= 0.3 is 5.97 Å². The van der Waals surface area contributed by atoms with Gasteiger partial charge in [-0.15, -0.1) is 0 Å². The second-order valence-corrected chi connectivity index (χ2v) is 2.34. The molecule has 44 valence electrons. The van der Waals surface area contributed by atoms with Crippen molar-refractivity contribution in [2.45, 2.75) is 0 Å². The van der Waals surface area contributed by atoms with Crippen LogP contribution in [0, 0.1) is 0 Å². The molecule has 1 rings (SSSR count). The minimum absolute atomic E-state index is 0.370. The highest BCUT2D eigenvalue weighted by Crippen LogP contribution is 2.08. The maximum atomic E-state index is 10.3. The molecule has 8 heavy (non-hydrogen) atoms. The minimum atomic E-state index is -0.707. The summed E-state index contributed by atoms with van der Waals surface area (Å²) in [6, 6.07) is 0. The van der Waals surface area contributed by atoms with Gasteiger partial charge in [0.25, 0.3) is 5.12 Å². The first kappa shape index (κ1) is 5.62. The molecule has 0 atom stereocenters. The summed E-state index contributed by atoms with van der Waals surface area (Å²) in [5.41, 5.74) is 0. The van der Waals surface area contributed by atoms with Crippen LogP contribution in [0.4, 0.5) is 0 Å². The fourth-order valence-electron chi connectivity index (χ4n) is 0.387. The van der Waals surface area contributed by atoms with Gasteiger partial charge in [-0.2, -0.15) is 0 Å². The third kappa shape index (κ3) is 1.01. The molecule has 1 heterocycles. The summed E-state index contributed by atoms with van der Waals surface area (Å²) in [5.74, 6) is -0.105. The first-order valence-electron chi connectivity index (χ1n) is 2.14. The van der Waals surface area contributed by atoms with Crippen LogP contribution in [0.2, 0.25) is 0 Å². The summed E-state index contributed by atoms with van der Waals surface area (Å²) in [4.78, 5) is 20.5. The van der Waals surface area contributed by atoms with Crippen molar-refractivity contribution >= 4 is 22.8 Å². The average Bonchev–Trinajstić information content (AvgIpc) is 1.77. The third-order valence-corrected chi connectivity index (χ3v) is 1.52. The van der Waals surface area contributed by atoms with Crippen LogP contribution in [-0.2, 0) is 14.3 Å². The molecule has 1 saturated heterocycles. The van der Waals surface area contributed by atoms with Gasteiger partial charge in [0.15, 0.2) is 0 Å². The molecule has 1 fully saturated rings. The van der Waals surface area contributed by atoms with Crippen molar-refractivity contribution in [2.24, 2.45) is 0 Å². The van der Waals surface area contributed by atoms with Crippen LogP contribution in [0.15, 0.2) is 0 Å². The number of carbonyl (C=O) groups is 2. The second-order valence-electron chi connectivity index (χ2n) is 1.27. The maximum Gasteiger partial charge on any atom is 0.385 e. The molecule has 0 amide bonds. The number of hydrogen-bond donors (Lipinski definition) is 0. The number of ether oxygens (including phenoxy) is 1. The third-order valence-electron chi connectivity index (χ3n) is 0.716. The van der Waals surface area contributed by atoms with Gasteiger partial charge in [-0.25, -0.2) is 4.79 Å². The summed E-state index contributed by atoms with van der Waals surface area (Å²) in [6.45, 7) is 0.370. The van der Waals surface area contributed by atoms with Gasteiger partial charge in [0.1, 0.15) is 6.61 Å². The average molecular weight is 132 g/mol. The molecule has 0 aromatic heterocycles. The van der Waals surface area contributed by atoms with E-state index in [0.717, 1.165) is 11.8 Å². The normalized spacial score (nSPS) is 20.5. The zero-order valence-corrected chi connectivity index (χ0v) is 4.86. The van der Waals surface area contributed by atoms with Crippen LogP contribution in [-0.4, -0.2) is 23.4 Å². The standard InChI is InChI=1S/C4H4O3S/c5-3-4(6)8-2-1-7-3/h1-2H2. The van der Waals surface area contributed by atoms with Crippen molar-refractivity contribution in [3.05, 3.63) is 0 Å². The SMILES string of the molecule is O=C1OCCSC1=O. The molecular weight excluding hydrogens is 128 g/mol. The zero-order valence-electron chi connectivity index (χ0n) is 4.05. The molecule has 1 aliphatic rings. The molecule has 0 aromatic rings. The van der Waals surface area contributed by atoms with E-state index in [9.17, 15) is 9.59 Å². The predicted octanol–water partition coefficient (Wildman–Crippen LogP) is -0.197. The molecule has 0 aliphatic carbocycles. The lowest BCUT2D eigenvalue weighted by Gasteiger charge is -2.06. The van der Waals surface area contributed by atoms with Crippen LogP contribution in [0.5, 0.6) is 0 Å². The Morgan fingerprint density at radius 3 is 2.62 bits per heavy atom. The Balaban J connectivity index is 2.52. The number of thioether (sulfide) groups is 1. The van der Waals surface area contributed by atoms with Crippen molar-refractivity contribution in [1.29, 1.82) is 0 Å². The van der Waals surface area contributed by atoms with Crippen LogP contribution in [0.3, 0.4) is 0 Å². The van der Waals surface area contributed by atoms with Gasteiger partial charge in [0.2, 0.25) is 0 Å². The highest BCUT2D eigenvalue weighted by Gasteiger charge is 2.19. The highest BCUT2D eigenvalue weighted by molar-refractivity contribution is 8.15. The van der Waals surface area contributed by atoms with E-state index in [4.69, 9.17) is 0 Å². The molecule has 0 bridgehead atoms. The first-order valence-corrected chi connectivity index (χ1v) is 3.13. The van der Waals surface area contributed by atoms with E-state index in [1.165, 1.54) is 0 Å². The number of carbonyl (C=O) groups excluding carboxylic acids is 2. The highest BCUT2D eigenvalue weighted by atomic mass is 32.2. The summed E-state index contributed by atoms with van der Waals surface area (Å²) in [6.07, 6.45) is 0. The smallest absolute Gasteiger partial charge is 0.385 e. The molecule has 0 aromatic carbocycles. The minimum Gasteiger partial charge on any atom is -0.458 e. The Bertz CT molecular complexity index is 115. The summed E-state index contributed by atoms with van der Waals surface area (Å²) >= 11 is 1.01. The molecule has 0 unspecified atom stereocenters. The molecule has 3 nitrogen and oxygen atoms in total. The Morgan fingerprint density at radius 1 is 1.50 bits per heavy atom. The Labute approximate surface area is 50.4 Å². The van der Waals surface area contributed by atoms with Gasteiger partial charge in [-0.05, 0) is 0 Å². The second kappa shape index (κ2) is 2.17. The Kier molecular flexibility index (Phi) is 1.53. The summed E-state index contributed by atoms with van der Waals surface area (Å²) in [7, 11) is 0. The van der Waals surface area contributed by atoms with Crippen LogP contribution >= 0.6 is 11.8 Å². The van der Waals surface area contributed by atoms with Gasteiger partial charge in [-0.3, -0.25) is 4.79 Å². The lowest BCUT2D eigenvalue weighted by molar-refractivity contribution is -0.150. The van der Waals surface area contributed by atoms with Crippen LogP contribution < -0.4 is 0 Å². The summed E-state index contributed by atoms with van der Waals surface area (Å²) in [5, 5.41) is -0.476. The number of cyclic esters (lactones) is 1. The fourth-order valence-corrected chi connectivity index (χ4v) is 0.915. The molecule has 0 spiro atoms. The van der Waals surface area contributed by atoms with E-state index in [0.29, 0.717) is 12.4 Å². The van der Waals surface area contributed by atoms with E-state index in [1.807, 2.05) is 0 Å². The Hall–Kier alpha value is -0.510. The van der Waals surface area contributed by atoms with Crippen molar-refractivity contribution in [1.82, 2.24) is 0 Å². The lowest BCUT2D eigenvalue weighted by atomic mass is 10.7. The molecular formula is C4H4O3S. The molecule has 1 aliphatic heterocycles. The van der Waals surface area contributed by atoms with Gasteiger partial charge in [0.05, 0.1) is 0 Å². The van der Waals surface area contributed by atoms with E-state index in [-0.39, 0.29) is 0 Å². The van der Waals surface area contributed by atoms with Crippen molar-refractivity contribution in [3.63, 3.8) is 0 Å². The van der Waals surface area contributed by atoms with E-state index in [2.05, 4.69) is 4.74 Å². The van der Waals surface area contributed by atoms with Crippen molar-refractivity contribution in [2.75, 3.05) is 12.4 Å². The van der Waals surface area contributed by atoms with E-state index >= 15 is 0 Å². The molecule has 0 N–H and O–H groups in total. The topological polar surface area (TPSA) is 43.4 Å². The van der Waals surface area contributed by atoms with Gasteiger partial charge < -0.3 is 4.74 Å². The number of hydrogen-bond acceptors (Lipinski definition) is 4. The van der Waals surface area contributed by atoms with Crippen LogP contribution in [0.25, 0.3) is 0 Å². The molecule has 0 saturated carbocycles. The lowest BCUT2D eigenvalue weighted by Crippen LogP contribution is -2.21. The maximum absolute atomic E-state index is 10.3. The monoisotopic (exact) mass is 132 g/mol. The Morgan fingerprint density at radius 2 is 2.25 bits per heavy atom.